The maximum absolute atomic E-state index is 8.98. The lowest BCUT2D eigenvalue weighted by molar-refractivity contribution is 0.340. The van der Waals surface area contributed by atoms with Crippen LogP contribution in [0.15, 0.2) is 36.5 Å². The van der Waals surface area contributed by atoms with Crippen LogP contribution in [0, 0.1) is 11.3 Å². The Kier molecular flexibility index (Phi) is 3.01. The quantitative estimate of drug-likeness (QED) is 0.818. The monoisotopic (exact) mass is 227 g/mol. The Bertz CT molecular complexity index is 566. The zero-order valence-electron chi connectivity index (χ0n) is 9.55. The summed E-state index contributed by atoms with van der Waals surface area (Å²) in [6.07, 6.45) is 1.82. The molecule has 4 nitrogen and oxygen atoms in total. The van der Waals surface area contributed by atoms with Crippen LogP contribution in [0.25, 0.3) is 5.69 Å². The van der Waals surface area contributed by atoms with Gasteiger partial charge >= 0.3 is 0 Å². The summed E-state index contributed by atoms with van der Waals surface area (Å²) in [5.41, 5.74) is 7.82. The number of rotatable bonds is 3. The van der Waals surface area contributed by atoms with E-state index in [9.17, 15) is 0 Å². The highest BCUT2D eigenvalue weighted by Crippen LogP contribution is 2.23. The molecule has 0 amide bonds. The molecule has 0 spiro atoms. The van der Waals surface area contributed by atoms with Gasteiger partial charge in [0.15, 0.2) is 0 Å². The van der Waals surface area contributed by atoms with E-state index in [1.807, 2.05) is 31.3 Å². The summed E-state index contributed by atoms with van der Waals surface area (Å²) in [4.78, 5) is 0. The van der Waals surface area contributed by atoms with Crippen LogP contribution in [0.1, 0.15) is 12.6 Å². The summed E-state index contributed by atoms with van der Waals surface area (Å²) in [6.45, 7) is 2.50. The van der Waals surface area contributed by atoms with E-state index in [4.69, 9.17) is 15.7 Å². The zero-order chi connectivity index (χ0) is 12.3. The first-order chi connectivity index (χ1) is 8.24. The molecule has 2 N–H and O–H groups in total. The van der Waals surface area contributed by atoms with Crippen molar-refractivity contribution in [2.75, 3.05) is 12.3 Å². The number of hydrogen-bond acceptors (Lipinski definition) is 3. The zero-order valence-corrected chi connectivity index (χ0v) is 9.55. The van der Waals surface area contributed by atoms with E-state index >= 15 is 0 Å². The minimum Gasteiger partial charge on any atom is -0.494 e. The number of aromatic nitrogens is 1. The smallest absolute Gasteiger partial charge is 0.124 e. The van der Waals surface area contributed by atoms with Gasteiger partial charge in [0.25, 0.3) is 0 Å². The van der Waals surface area contributed by atoms with Crippen LogP contribution < -0.4 is 10.5 Å². The van der Waals surface area contributed by atoms with Crippen molar-refractivity contribution in [3.05, 3.63) is 42.2 Å². The maximum Gasteiger partial charge on any atom is 0.124 e. The van der Waals surface area contributed by atoms with E-state index in [0.717, 1.165) is 5.69 Å². The molecule has 1 heterocycles. The third kappa shape index (κ3) is 2.23. The molecule has 0 aliphatic carbocycles. The highest BCUT2D eigenvalue weighted by molar-refractivity contribution is 5.55. The Balaban J connectivity index is 2.49. The van der Waals surface area contributed by atoms with E-state index < -0.39 is 0 Å². The second-order valence-corrected chi connectivity index (χ2v) is 3.57. The highest BCUT2D eigenvalue weighted by Gasteiger charge is 2.05. The van der Waals surface area contributed by atoms with Crippen LogP contribution >= 0.6 is 0 Å². The maximum atomic E-state index is 8.98. The van der Waals surface area contributed by atoms with Gasteiger partial charge in [-0.1, -0.05) is 0 Å². The molecule has 86 valence electrons. The first-order valence-electron chi connectivity index (χ1n) is 5.35. The van der Waals surface area contributed by atoms with Gasteiger partial charge in [0.2, 0.25) is 0 Å². The van der Waals surface area contributed by atoms with Crippen LogP contribution in [-0.4, -0.2) is 11.2 Å². The number of nitrogens with two attached hydrogens (primary N) is 1. The number of benzene rings is 1. The van der Waals surface area contributed by atoms with Gasteiger partial charge in [-0.15, -0.1) is 0 Å². The predicted octanol–water partition coefficient (Wildman–Crippen LogP) is 2.33. The van der Waals surface area contributed by atoms with Crippen molar-refractivity contribution in [2.24, 2.45) is 0 Å². The molecule has 2 aromatic rings. The molecule has 0 radical (unpaired) electrons. The van der Waals surface area contributed by atoms with Crippen LogP contribution in [0.4, 0.5) is 5.69 Å². The Morgan fingerprint density at radius 1 is 1.41 bits per heavy atom. The van der Waals surface area contributed by atoms with E-state index in [2.05, 4.69) is 6.07 Å². The molecular weight excluding hydrogens is 214 g/mol. The van der Waals surface area contributed by atoms with Crippen molar-refractivity contribution in [2.45, 2.75) is 6.92 Å². The second kappa shape index (κ2) is 4.62. The van der Waals surface area contributed by atoms with Gasteiger partial charge in [0.1, 0.15) is 17.5 Å². The summed E-state index contributed by atoms with van der Waals surface area (Å²) in [7, 11) is 0. The lowest BCUT2D eigenvalue weighted by atomic mass is 10.2. The molecule has 0 atom stereocenters. The normalized spacial score (nSPS) is 9.88. The first kappa shape index (κ1) is 11.1. The van der Waals surface area contributed by atoms with E-state index in [1.54, 1.807) is 16.7 Å². The minimum absolute atomic E-state index is 0.568. The summed E-state index contributed by atoms with van der Waals surface area (Å²) in [5.74, 6) is 0.708. The highest BCUT2D eigenvalue weighted by atomic mass is 16.5. The van der Waals surface area contributed by atoms with Gasteiger partial charge in [0.05, 0.1) is 12.3 Å². The molecule has 0 bridgehead atoms. The average Bonchev–Trinajstić information content (AvgIpc) is 2.76. The van der Waals surface area contributed by atoms with E-state index in [0.29, 0.717) is 23.7 Å². The number of nitriles is 1. The molecule has 0 unspecified atom stereocenters. The molecule has 1 aromatic heterocycles. The molecule has 0 aliphatic heterocycles. The fourth-order valence-electron chi connectivity index (χ4n) is 1.69. The topological polar surface area (TPSA) is 64.0 Å². The Labute approximate surface area is 99.8 Å². The molecule has 1 aromatic carbocycles. The fraction of sp³-hybridized carbons (Fsp3) is 0.154. The Morgan fingerprint density at radius 3 is 2.94 bits per heavy atom. The van der Waals surface area contributed by atoms with Crippen molar-refractivity contribution in [1.82, 2.24) is 4.57 Å². The van der Waals surface area contributed by atoms with Crippen LogP contribution in [0.5, 0.6) is 5.75 Å². The second-order valence-electron chi connectivity index (χ2n) is 3.57. The van der Waals surface area contributed by atoms with Gasteiger partial charge in [-0.3, -0.25) is 0 Å². The number of ether oxygens (including phenoxy) is 1. The first-order valence-corrected chi connectivity index (χ1v) is 5.35. The molecule has 17 heavy (non-hydrogen) atoms. The Hall–Kier alpha value is -2.41. The SMILES string of the molecule is CCOc1cc(N)cc(-n2cccc2C#N)c1. The Morgan fingerprint density at radius 2 is 2.24 bits per heavy atom. The molecule has 0 aliphatic rings. The summed E-state index contributed by atoms with van der Waals surface area (Å²) in [5, 5.41) is 8.98. The lowest BCUT2D eigenvalue weighted by Gasteiger charge is -2.09. The van der Waals surface area contributed by atoms with Crippen molar-refractivity contribution >= 4 is 5.69 Å². The van der Waals surface area contributed by atoms with E-state index in [1.165, 1.54) is 0 Å². The van der Waals surface area contributed by atoms with Gasteiger partial charge in [0, 0.05) is 24.0 Å². The van der Waals surface area contributed by atoms with Crippen LogP contribution in [0.2, 0.25) is 0 Å². The van der Waals surface area contributed by atoms with Crippen LogP contribution in [-0.2, 0) is 0 Å². The molecule has 0 saturated carbocycles. The molecular formula is C13H13N3O. The van der Waals surface area contributed by atoms with Gasteiger partial charge in [-0.2, -0.15) is 5.26 Å². The molecule has 0 saturated heterocycles. The molecule has 4 heteroatoms. The standard InChI is InChI=1S/C13H13N3O/c1-2-17-13-7-10(15)6-12(8-13)16-5-3-4-11(16)9-14/h3-8H,2,15H2,1H3. The van der Waals surface area contributed by atoms with Crippen LogP contribution in [0.3, 0.4) is 0 Å². The predicted molar refractivity (Wildman–Crippen MR) is 66.1 cm³/mol. The van der Waals surface area contributed by atoms with Gasteiger partial charge < -0.3 is 15.0 Å². The largest absolute Gasteiger partial charge is 0.494 e. The number of nitrogens with zero attached hydrogens (tertiary/aromatic N) is 2. The van der Waals surface area contributed by atoms with E-state index in [-0.39, 0.29) is 0 Å². The van der Waals surface area contributed by atoms with Crippen molar-refractivity contribution in [3.8, 4) is 17.5 Å². The summed E-state index contributed by atoms with van der Waals surface area (Å²) < 4.78 is 7.20. The summed E-state index contributed by atoms with van der Waals surface area (Å²) >= 11 is 0. The van der Waals surface area contributed by atoms with Crippen molar-refractivity contribution in [1.29, 1.82) is 5.26 Å². The molecule has 0 fully saturated rings. The lowest BCUT2D eigenvalue weighted by Crippen LogP contribution is -1.99. The van der Waals surface area contributed by atoms with Gasteiger partial charge in [-0.05, 0) is 25.1 Å². The van der Waals surface area contributed by atoms with Gasteiger partial charge in [-0.25, -0.2) is 0 Å². The fourth-order valence-corrected chi connectivity index (χ4v) is 1.69. The minimum atomic E-state index is 0.568. The third-order valence-electron chi connectivity index (χ3n) is 2.37. The van der Waals surface area contributed by atoms with Crippen molar-refractivity contribution in [3.63, 3.8) is 0 Å². The number of anilines is 1. The number of nitrogen functional groups attached to an aromatic ring is 1. The third-order valence-corrected chi connectivity index (χ3v) is 2.37. The number of hydrogen-bond donors (Lipinski definition) is 1. The summed E-state index contributed by atoms with van der Waals surface area (Å²) in [6, 6.07) is 11.1. The average molecular weight is 227 g/mol. The van der Waals surface area contributed by atoms with Crippen molar-refractivity contribution < 1.29 is 4.74 Å². The molecule has 2 rings (SSSR count).